The summed E-state index contributed by atoms with van der Waals surface area (Å²) < 4.78 is 1.78. The minimum atomic E-state index is -0.0244. The largest absolute Gasteiger partial charge is 0.308 e. The monoisotopic (exact) mass is 283 g/mol. The maximum Gasteiger partial charge on any atom is 0.0837 e. The molecule has 1 unspecified atom stereocenters. The van der Waals surface area contributed by atoms with Crippen molar-refractivity contribution in [2.45, 2.75) is 13.0 Å². The summed E-state index contributed by atoms with van der Waals surface area (Å²) in [5.41, 5.74) is 3.09. The summed E-state index contributed by atoms with van der Waals surface area (Å²) in [5, 5.41) is 8.85. The lowest BCUT2D eigenvalue weighted by molar-refractivity contribution is 0.604. The molecule has 0 aliphatic carbocycles. The van der Waals surface area contributed by atoms with Crippen molar-refractivity contribution in [3.63, 3.8) is 0 Å². The van der Waals surface area contributed by atoms with Crippen LogP contribution in [-0.2, 0) is 7.05 Å². The van der Waals surface area contributed by atoms with E-state index in [-0.39, 0.29) is 6.04 Å². The average molecular weight is 284 g/mol. The van der Waals surface area contributed by atoms with Crippen molar-refractivity contribution in [1.82, 2.24) is 15.1 Å². The molecule has 96 valence electrons. The zero-order valence-corrected chi connectivity index (χ0v) is 12.0. The highest BCUT2D eigenvalue weighted by atomic mass is 35.5. The van der Waals surface area contributed by atoms with Crippen LogP contribution in [0.5, 0.6) is 0 Å². The number of halogens is 2. The fraction of sp³-hybridized carbons (Fsp3) is 0.308. The fourth-order valence-electron chi connectivity index (χ4n) is 2.12. The topological polar surface area (TPSA) is 29.9 Å². The molecule has 1 aromatic carbocycles. The van der Waals surface area contributed by atoms with E-state index in [1.165, 1.54) is 0 Å². The van der Waals surface area contributed by atoms with Crippen molar-refractivity contribution in [3.8, 4) is 0 Å². The van der Waals surface area contributed by atoms with Crippen molar-refractivity contribution in [2.24, 2.45) is 7.05 Å². The maximum absolute atomic E-state index is 6.20. The van der Waals surface area contributed by atoms with Gasteiger partial charge in [-0.2, -0.15) is 5.10 Å². The van der Waals surface area contributed by atoms with Gasteiger partial charge in [0.15, 0.2) is 0 Å². The SMILES string of the molecule is CNC(c1cccc(Cl)c1C)c1c(Cl)cnn1C. The normalized spacial score (nSPS) is 12.7. The number of rotatable bonds is 3. The van der Waals surface area contributed by atoms with E-state index >= 15 is 0 Å². The lowest BCUT2D eigenvalue weighted by Crippen LogP contribution is -2.22. The molecule has 0 spiro atoms. The van der Waals surface area contributed by atoms with Gasteiger partial charge in [-0.1, -0.05) is 35.3 Å². The van der Waals surface area contributed by atoms with Gasteiger partial charge < -0.3 is 5.32 Å². The lowest BCUT2D eigenvalue weighted by atomic mass is 9.99. The summed E-state index contributed by atoms with van der Waals surface area (Å²) in [4.78, 5) is 0. The summed E-state index contributed by atoms with van der Waals surface area (Å²) >= 11 is 12.4. The molecule has 2 aromatic rings. The van der Waals surface area contributed by atoms with Gasteiger partial charge in [0.05, 0.1) is 23.0 Å². The molecule has 5 heteroatoms. The average Bonchev–Trinajstić information content (AvgIpc) is 2.67. The lowest BCUT2D eigenvalue weighted by Gasteiger charge is -2.20. The standard InChI is InChI=1S/C13H15Cl2N3/c1-8-9(5-4-6-10(8)14)12(16-2)13-11(15)7-17-18(13)3/h4-7,12,16H,1-3H3. The number of aryl methyl sites for hydroxylation is 1. The first-order valence-electron chi connectivity index (χ1n) is 5.66. The molecule has 0 bridgehead atoms. The van der Waals surface area contributed by atoms with Gasteiger partial charge in [0.2, 0.25) is 0 Å². The molecule has 0 aliphatic rings. The smallest absolute Gasteiger partial charge is 0.0837 e. The molecule has 1 atom stereocenters. The van der Waals surface area contributed by atoms with Crippen molar-refractivity contribution >= 4 is 23.2 Å². The van der Waals surface area contributed by atoms with E-state index in [0.29, 0.717) is 5.02 Å². The van der Waals surface area contributed by atoms with Crippen LogP contribution in [0.3, 0.4) is 0 Å². The summed E-state index contributed by atoms with van der Waals surface area (Å²) in [6.07, 6.45) is 1.65. The third-order valence-electron chi connectivity index (χ3n) is 3.12. The first-order chi connectivity index (χ1) is 8.56. The van der Waals surface area contributed by atoms with Crippen LogP contribution in [0.2, 0.25) is 10.0 Å². The Morgan fingerprint density at radius 1 is 1.28 bits per heavy atom. The highest BCUT2D eigenvalue weighted by Crippen LogP contribution is 2.31. The summed E-state index contributed by atoms with van der Waals surface area (Å²) in [6.45, 7) is 2.01. The zero-order valence-electron chi connectivity index (χ0n) is 10.5. The molecule has 2 rings (SSSR count). The van der Waals surface area contributed by atoms with Crippen molar-refractivity contribution < 1.29 is 0 Å². The molecule has 0 aliphatic heterocycles. The van der Waals surface area contributed by atoms with Crippen LogP contribution in [-0.4, -0.2) is 16.8 Å². The van der Waals surface area contributed by atoms with E-state index in [9.17, 15) is 0 Å². The molecular weight excluding hydrogens is 269 g/mol. The van der Waals surface area contributed by atoms with E-state index < -0.39 is 0 Å². The first-order valence-corrected chi connectivity index (χ1v) is 6.41. The molecule has 0 fully saturated rings. The van der Waals surface area contributed by atoms with Crippen molar-refractivity contribution in [2.75, 3.05) is 7.05 Å². The fourth-order valence-corrected chi connectivity index (χ4v) is 2.58. The third-order valence-corrected chi connectivity index (χ3v) is 3.82. The van der Waals surface area contributed by atoms with Gasteiger partial charge in [-0.25, -0.2) is 0 Å². The highest BCUT2D eigenvalue weighted by molar-refractivity contribution is 6.31. The summed E-state index contributed by atoms with van der Waals surface area (Å²) in [6, 6.07) is 5.85. The van der Waals surface area contributed by atoms with Crippen LogP contribution in [0, 0.1) is 6.92 Å². The molecule has 0 amide bonds. The zero-order chi connectivity index (χ0) is 13.3. The number of hydrogen-bond acceptors (Lipinski definition) is 2. The van der Waals surface area contributed by atoms with E-state index in [2.05, 4.69) is 10.4 Å². The Morgan fingerprint density at radius 3 is 2.56 bits per heavy atom. The Bertz CT molecular complexity index is 544. The van der Waals surface area contributed by atoms with Crippen LogP contribution in [0.15, 0.2) is 24.4 Å². The Kier molecular flexibility index (Phi) is 3.95. The number of benzene rings is 1. The van der Waals surface area contributed by atoms with Gasteiger partial charge in [0, 0.05) is 12.1 Å². The molecule has 0 radical (unpaired) electrons. The van der Waals surface area contributed by atoms with Crippen LogP contribution in [0.1, 0.15) is 22.9 Å². The van der Waals surface area contributed by atoms with E-state index in [1.54, 1.807) is 10.9 Å². The van der Waals surface area contributed by atoms with E-state index in [0.717, 1.165) is 21.8 Å². The summed E-state index contributed by atoms with van der Waals surface area (Å²) in [5.74, 6) is 0. The quantitative estimate of drug-likeness (QED) is 0.936. The highest BCUT2D eigenvalue weighted by Gasteiger charge is 2.21. The predicted octanol–water partition coefficient (Wildman–Crippen LogP) is 3.34. The number of aromatic nitrogens is 2. The predicted molar refractivity (Wildman–Crippen MR) is 75.3 cm³/mol. The Hall–Kier alpha value is -1.03. The third kappa shape index (κ3) is 2.26. The van der Waals surface area contributed by atoms with Crippen LogP contribution < -0.4 is 5.32 Å². The molecule has 0 saturated carbocycles. The molecule has 3 nitrogen and oxygen atoms in total. The van der Waals surface area contributed by atoms with Crippen LogP contribution in [0.4, 0.5) is 0 Å². The Labute approximate surface area is 117 Å². The summed E-state index contributed by atoms with van der Waals surface area (Å²) in [7, 11) is 3.78. The second kappa shape index (κ2) is 5.31. The molecular formula is C13H15Cl2N3. The van der Waals surface area contributed by atoms with Gasteiger partial charge in [-0.15, -0.1) is 0 Å². The molecule has 18 heavy (non-hydrogen) atoms. The second-order valence-electron chi connectivity index (χ2n) is 4.18. The van der Waals surface area contributed by atoms with Crippen molar-refractivity contribution in [3.05, 3.63) is 51.3 Å². The van der Waals surface area contributed by atoms with Gasteiger partial charge >= 0.3 is 0 Å². The van der Waals surface area contributed by atoms with Gasteiger partial charge in [-0.3, -0.25) is 4.68 Å². The number of nitrogens with one attached hydrogen (secondary N) is 1. The molecule has 0 saturated heterocycles. The minimum Gasteiger partial charge on any atom is -0.308 e. The van der Waals surface area contributed by atoms with Gasteiger partial charge in [-0.05, 0) is 31.2 Å². The van der Waals surface area contributed by atoms with Crippen LogP contribution in [0.25, 0.3) is 0 Å². The molecule has 1 aromatic heterocycles. The number of nitrogens with zero attached hydrogens (tertiary/aromatic N) is 2. The van der Waals surface area contributed by atoms with E-state index in [4.69, 9.17) is 23.2 Å². The van der Waals surface area contributed by atoms with Crippen molar-refractivity contribution in [1.29, 1.82) is 0 Å². The van der Waals surface area contributed by atoms with Gasteiger partial charge in [0.1, 0.15) is 0 Å². The Morgan fingerprint density at radius 2 is 2.00 bits per heavy atom. The van der Waals surface area contributed by atoms with Gasteiger partial charge in [0.25, 0.3) is 0 Å². The van der Waals surface area contributed by atoms with Crippen LogP contribution >= 0.6 is 23.2 Å². The maximum atomic E-state index is 6.20. The molecule has 1 N–H and O–H groups in total. The Balaban J connectivity index is 2.56. The number of hydrogen-bond donors (Lipinski definition) is 1. The van der Waals surface area contributed by atoms with E-state index in [1.807, 2.05) is 39.2 Å². The first kappa shape index (κ1) is 13.4. The molecule has 1 heterocycles. The second-order valence-corrected chi connectivity index (χ2v) is 4.99. The minimum absolute atomic E-state index is 0.0244.